The van der Waals surface area contributed by atoms with Crippen molar-refractivity contribution in [2.75, 3.05) is 21.3 Å². The van der Waals surface area contributed by atoms with Gasteiger partial charge in [0.2, 0.25) is 0 Å². The zero-order chi connectivity index (χ0) is 30.8. The number of carbonyl (C=O) groups is 1. The highest BCUT2D eigenvalue weighted by Crippen LogP contribution is 2.37. The number of thiazole rings is 1. The maximum atomic E-state index is 13.9. The first-order valence-corrected chi connectivity index (χ1v) is 14.8. The van der Waals surface area contributed by atoms with E-state index >= 15 is 0 Å². The standard InChI is InChI=1S/C31H25Cl3N2O6S/c1-16-27(30(38)41-4)28(21-13-19(32)8-10-23(21)39-2)36-29(37)26(43-31(36)35-16)12-17-5-9-24(25(11-17)40-3)42-15-18-6-7-20(33)14-22(18)34/h5-14,28H,15H2,1-4H3/b26-12-/t28-/m0/s1. The summed E-state index contributed by atoms with van der Waals surface area (Å²) in [4.78, 5) is 31.9. The van der Waals surface area contributed by atoms with Crippen molar-refractivity contribution < 1.29 is 23.7 Å². The van der Waals surface area contributed by atoms with E-state index in [1.807, 2.05) is 6.07 Å². The smallest absolute Gasteiger partial charge is 0.338 e. The summed E-state index contributed by atoms with van der Waals surface area (Å²) < 4.78 is 24.1. The van der Waals surface area contributed by atoms with Crippen LogP contribution in [0.15, 0.2) is 75.7 Å². The molecule has 0 radical (unpaired) electrons. The molecule has 1 aliphatic heterocycles. The molecule has 8 nitrogen and oxygen atoms in total. The van der Waals surface area contributed by atoms with Crippen molar-refractivity contribution in [1.29, 1.82) is 0 Å². The third-order valence-electron chi connectivity index (χ3n) is 6.80. The normalized spacial score (nSPS) is 14.7. The Labute approximate surface area is 266 Å². The molecule has 43 heavy (non-hydrogen) atoms. The first-order valence-electron chi connectivity index (χ1n) is 12.8. The van der Waals surface area contributed by atoms with Gasteiger partial charge in [0.25, 0.3) is 5.56 Å². The second kappa shape index (κ2) is 12.9. The molecule has 0 aliphatic carbocycles. The van der Waals surface area contributed by atoms with Crippen LogP contribution in [0.25, 0.3) is 6.08 Å². The van der Waals surface area contributed by atoms with Crippen LogP contribution in [-0.4, -0.2) is 31.9 Å². The van der Waals surface area contributed by atoms with Crippen LogP contribution in [0.1, 0.15) is 29.7 Å². The quantitative estimate of drug-likeness (QED) is 0.217. The van der Waals surface area contributed by atoms with Crippen LogP contribution in [-0.2, 0) is 16.1 Å². The Bertz CT molecular complexity index is 1950. The SMILES string of the molecule is COC(=O)C1=C(C)N=c2s/c(=C\c3ccc(OCc4ccc(Cl)cc4Cl)c(OC)c3)c(=O)n2[C@H]1c1cc(Cl)ccc1OC. The van der Waals surface area contributed by atoms with Gasteiger partial charge in [0.05, 0.1) is 37.1 Å². The van der Waals surface area contributed by atoms with E-state index < -0.39 is 12.0 Å². The molecule has 4 aromatic rings. The highest BCUT2D eigenvalue weighted by atomic mass is 35.5. The van der Waals surface area contributed by atoms with Crippen LogP contribution >= 0.6 is 46.1 Å². The minimum absolute atomic E-state index is 0.207. The Kier molecular flexibility index (Phi) is 9.17. The molecule has 1 aromatic heterocycles. The van der Waals surface area contributed by atoms with Gasteiger partial charge in [0.15, 0.2) is 16.3 Å². The average molecular weight is 660 g/mol. The maximum Gasteiger partial charge on any atom is 0.338 e. The first-order chi connectivity index (χ1) is 20.6. The van der Waals surface area contributed by atoms with Gasteiger partial charge >= 0.3 is 5.97 Å². The van der Waals surface area contributed by atoms with Gasteiger partial charge in [-0.1, -0.05) is 58.3 Å². The molecule has 2 heterocycles. The van der Waals surface area contributed by atoms with E-state index in [1.54, 1.807) is 61.5 Å². The van der Waals surface area contributed by atoms with Gasteiger partial charge in [-0.3, -0.25) is 9.36 Å². The molecule has 3 aromatic carbocycles. The number of hydrogen-bond acceptors (Lipinski definition) is 8. The lowest BCUT2D eigenvalue weighted by atomic mass is 9.95. The second-order valence-corrected chi connectivity index (χ2v) is 11.7. The number of methoxy groups -OCH3 is 3. The second-order valence-electron chi connectivity index (χ2n) is 9.39. The average Bonchev–Trinajstić information content (AvgIpc) is 3.29. The Hall–Kier alpha value is -3.76. The number of benzene rings is 3. The van der Waals surface area contributed by atoms with E-state index in [-0.39, 0.29) is 17.7 Å². The van der Waals surface area contributed by atoms with Gasteiger partial charge in [0.1, 0.15) is 18.4 Å². The molecule has 0 saturated carbocycles. The van der Waals surface area contributed by atoms with Crippen molar-refractivity contribution in [2.24, 2.45) is 4.99 Å². The van der Waals surface area contributed by atoms with Gasteiger partial charge in [0, 0.05) is 26.2 Å². The van der Waals surface area contributed by atoms with Crippen molar-refractivity contribution in [3.63, 3.8) is 0 Å². The van der Waals surface area contributed by atoms with Crippen molar-refractivity contribution in [3.05, 3.63) is 117 Å². The number of hydrogen-bond donors (Lipinski definition) is 0. The lowest BCUT2D eigenvalue weighted by molar-refractivity contribution is -0.136. The van der Waals surface area contributed by atoms with Crippen LogP contribution in [0.2, 0.25) is 15.1 Å². The van der Waals surface area contributed by atoms with E-state index in [2.05, 4.69) is 4.99 Å². The Morgan fingerprint density at radius 1 is 0.953 bits per heavy atom. The molecule has 1 atom stereocenters. The number of fused-ring (bicyclic) bond motifs is 1. The van der Waals surface area contributed by atoms with Crippen LogP contribution in [0.4, 0.5) is 0 Å². The molecule has 5 rings (SSSR count). The minimum atomic E-state index is -0.871. The highest BCUT2D eigenvalue weighted by Gasteiger charge is 2.35. The molecule has 0 unspecified atom stereocenters. The third kappa shape index (κ3) is 6.17. The van der Waals surface area contributed by atoms with E-state index in [4.69, 9.17) is 53.8 Å². The molecule has 0 spiro atoms. The van der Waals surface area contributed by atoms with Crippen LogP contribution in [0.3, 0.4) is 0 Å². The van der Waals surface area contributed by atoms with E-state index in [0.29, 0.717) is 58.5 Å². The number of nitrogens with zero attached hydrogens (tertiary/aromatic N) is 2. The summed E-state index contributed by atoms with van der Waals surface area (Å²) in [7, 11) is 4.32. The Balaban J connectivity index is 1.57. The predicted octanol–water partition coefficient (Wildman–Crippen LogP) is 5.96. The van der Waals surface area contributed by atoms with Crippen LogP contribution in [0.5, 0.6) is 17.2 Å². The fourth-order valence-electron chi connectivity index (χ4n) is 4.74. The predicted molar refractivity (Wildman–Crippen MR) is 168 cm³/mol. The van der Waals surface area contributed by atoms with Crippen molar-refractivity contribution in [2.45, 2.75) is 19.6 Å². The van der Waals surface area contributed by atoms with Gasteiger partial charge < -0.3 is 18.9 Å². The lowest BCUT2D eigenvalue weighted by Crippen LogP contribution is -2.40. The summed E-state index contributed by atoms with van der Waals surface area (Å²) in [6.45, 7) is 1.91. The summed E-state index contributed by atoms with van der Waals surface area (Å²) in [6, 6.07) is 14.7. The number of aromatic nitrogens is 1. The number of halogens is 3. The molecule has 0 amide bonds. The van der Waals surface area contributed by atoms with E-state index in [9.17, 15) is 9.59 Å². The van der Waals surface area contributed by atoms with Gasteiger partial charge in [-0.15, -0.1) is 0 Å². The summed E-state index contributed by atoms with van der Waals surface area (Å²) in [5.41, 5.74) is 2.29. The fraction of sp³-hybridized carbons (Fsp3) is 0.194. The number of rotatable bonds is 8. The topological polar surface area (TPSA) is 88.4 Å². The zero-order valence-corrected chi connectivity index (χ0v) is 26.5. The minimum Gasteiger partial charge on any atom is -0.496 e. The molecule has 222 valence electrons. The van der Waals surface area contributed by atoms with Crippen molar-refractivity contribution in [1.82, 2.24) is 4.57 Å². The number of ether oxygens (including phenoxy) is 4. The number of esters is 1. The van der Waals surface area contributed by atoms with E-state index in [0.717, 1.165) is 5.56 Å². The van der Waals surface area contributed by atoms with Crippen molar-refractivity contribution in [3.8, 4) is 17.2 Å². The molecule has 0 saturated heterocycles. The van der Waals surface area contributed by atoms with E-state index in [1.165, 1.54) is 37.2 Å². The number of allylic oxidation sites excluding steroid dienone is 1. The maximum absolute atomic E-state index is 13.9. The van der Waals surface area contributed by atoms with Crippen LogP contribution < -0.4 is 29.1 Å². The molecule has 0 N–H and O–H groups in total. The third-order valence-corrected chi connectivity index (χ3v) is 8.60. The van der Waals surface area contributed by atoms with Gasteiger partial charge in [-0.05, 0) is 61.0 Å². The Morgan fingerprint density at radius 3 is 2.35 bits per heavy atom. The molecular weight excluding hydrogens is 635 g/mol. The van der Waals surface area contributed by atoms with Gasteiger partial charge in [-0.2, -0.15) is 0 Å². The van der Waals surface area contributed by atoms with Gasteiger partial charge in [-0.25, -0.2) is 9.79 Å². The molecule has 12 heteroatoms. The summed E-state index contributed by atoms with van der Waals surface area (Å²) in [6.07, 6.45) is 1.73. The zero-order valence-electron chi connectivity index (χ0n) is 23.4. The molecule has 0 bridgehead atoms. The molecular formula is C31H25Cl3N2O6S. The Morgan fingerprint density at radius 2 is 1.65 bits per heavy atom. The number of carbonyl (C=O) groups excluding carboxylic acids is 1. The van der Waals surface area contributed by atoms with Crippen molar-refractivity contribution >= 4 is 58.2 Å². The lowest BCUT2D eigenvalue weighted by Gasteiger charge is -2.25. The van der Waals surface area contributed by atoms with Crippen LogP contribution in [0, 0.1) is 0 Å². The first kappa shape index (κ1) is 30.7. The monoisotopic (exact) mass is 658 g/mol. The fourth-order valence-corrected chi connectivity index (χ4v) is 6.43. The summed E-state index contributed by atoms with van der Waals surface area (Å²) in [5, 5.41) is 1.46. The summed E-state index contributed by atoms with van der Waals surface area (Å²) in [5.74, 6) is 0.818. The largest absolute Gasteiger partial charge is 0.496 e. The highest BCUT2D eigenvalue weighted by molar-refractivity contribution is 7.07. The summed E-state index contributed by atoms with van der Waals surface area (Å²) >= 11 is 19.8. The molecule has 1 aliphatic rings. The molecule has 0 fully saturated rings.